The standard InChI is InChI=1S/C18H23F3N4O4/c1-17(2,3)29-16(27)24-6-7-25-12(9-24)15(26)23(4)11-8-10(18(19,20)21)14(28-5)22-13(11)25/h8,12H,6-7,9H2,1-5H3/t12-/m0/s1. The minimum atomic E-state index is -4.68. The topological polar surface area (TPSA) is 75.2 Å². The van der Waals surface area contributed by atoms with Gasteiger partial charge in [0.15, 0.2) is 5.82 Å². The molecular formula is C18H23F3N4O4. The van der Waals surface area contributed by atoms with Crippen molar-refractivity contribution in [1.82, 2.24) is 9.88 Å². The number of halogens is 3. The van der Waals surface area contributed by atoms with E-state index in [1.54, 1.807) is 25.7 Å². The highest BCUT2D eigenvalue weighted by Crippen LogP contribution is 2.43. The molecule has 3 rings (SSSR count). The Morgan fingerprint density at radius 2 is 1.90 bits per heavy atom. The number of anilines is 2. The van der Waals surface area contributed by atoms with Crippen LogP contribution in [-0.4, -0.2) is 67.3 Å². The van der Waals surface area contributed by atoms with Gasteiger partial charge in [-0.15, -0.1) is 0 Å². The molecule has 1 atom stereocenters. The van der Waals surface area contributed by atoms with Crippen molar-refractivity contribution >= 4 is 23.5 Å². The van der Waals surface area contributed by atoms with Crippen molar-refractivity contribution in [1.29, 1.82) is 0 Å². The Morgan fingerprint density at radius 3 is 2.45 bits per heavy atom. The summed E-state index contributed by atoms with van der Waals surface area (Å²) in [5.41, 5.74) is -1.69. The van der Waals surface area contributed by atoms with Gasteiger partial charge in [0.25, 0.3) is 5.91 Å². The summed E-state index contributed by atoms with van der Waals surface area (Å²) in [6.07, 6.45) is -5.22. The number of pyridine rings is 1. The third-order valence-corrected chi connectivity index (χ3v) is 4.73. The molecule has 160 valence electrons. The van der Waals surface area contributed by atoms with E-state index in [0.717, 1.165) is 18.1 Å². The Balaban J connectivity index is 1.95. The lowest BCUT2D eigenvalue weighted by atomic mass is 10.0. The molecule has 0 unspecified atom stereocenters. The molecule has 0 radical (unpaired) electrons. The number of amides is 2. The van der Waals surface area contributed by atoms with Crippen molar-refractivity contribution in [3.8, 4) is 5.88 Å². The van der Waals surface area contributed by atoms with Crippen molar-refractivity contribution in [2.75, 3.05) is 43.6 Å². The highest BCUT2D eigenvalue weighted by atomic mass is 19.4. The molecule has 2 aliphatic heterocycles. The van der Waals surface area contributed by atoms with E-state index in [1.807, 2.05) is 0 Å². The number of fused-ring (bicyclic) bond motifs is 3. The normalized spacial score (nSPS) is 19.7. The first-order chi connectivity index (χ1) is 13.3. The van der Waals surface area contributed by atoms with Gasteiger partial charge in [0.05, 0.1) is 19.3 Å². The van der Waals surface area contributed by atoms with Gasteiger partial charge in [-0.25, -0.2) is 4.79 Å². The molecule has 1 aromatic rings. The fourth-order valence-corrected chi connectivity index (χ4v) is 3.38. The van der Waals surface area contributed by atoms with E-state index < -0.39 is 41.3 Å². The minimum absolute atomic E-state index is 0.0442. The molecule has 3 heterocycles. The minimum Gasteiger partial charge on any atom is -0.481 e. The number of hydrogen-bond donors (Lipinski definition) is 0. The van der Waals surface area contributed by atoms with Gasteiger partial charge < -0.3 is 24.2 Å². The number of likely N-dealkylation sites (N-methyl/N-ethyl adjacent to an activating group) is 1. The average molecular weight is 416 g/mol. The fraction of sp³-hybridized carbons (Fsp3) is 0.611. The number of carbonyl (C=O) groups excluding carboxylic acids is 2. The Hall–Kier alpha value is -2.72. The van der Waals surface area contributed by atoms with Gasteiger partial charge in [-0.3, -0.25) is 4.79 Å². The molecule has 0 aliphatic carbocycles. The number of nitrogens with zero attached hydrogens (tertiary/aromatic N) is 4. The molecular weight excluding hydrogens is 393 g/mol. The summed E-state index contributed by atoms with van der Waals surface area (Å²) < 4.78 is 50.2. The molecule has 2 aliphatic rings. The number of aromatic nitrogens is 1. The summed E-state index contributed by atoms with van der Waals surface area (Å²) >= 11 is 0. The van der Waals surface area contributed by atoms with Crippen molar-refractivity contribution in [2.24, 2.45) is 0 Å². The largest absolute Gasteiger partial charge is 0.481 e. The molecule has 2 amide bonds. The van der Waals surface area contributed by atoms with Crippen LogP contribution in [0.1, 0.15) is 26.3 Å². The van der Waals surface area contributed by atoms with Gasteiger partial charge in [-0.05, 0) is 26.8 Å². The summed E-state index contributed by atoms with van der Waals surface area (Å²) in [6.45, 7) is 5.73. The van der Waals surface area contributed by atoms with Crippen LogP contribution in [0.4, 0.5) is 29.5 Å². The monoisotopic (exact) mass is 416 g/mol. The zero-order valence-corrected chi connectivity index (χ0v) is 16.8. The van der Waals surface area contributed by atoms with Gasteiger partial charge in [-0.1, -0.05) is 0 Å². The van der Waals surface area contributed by atoms with E-state index in [-0.39, 0.29) is 31.1 Å². The maximum Gasteiger partial charge on any atom is 0.421 e. The molecule has 0 bridgehead atoms. The lowest BCUT2D eigenvalue weighted by molar-refractivity contribution is -0.139. The van der Waals surface area contributed by atoms with Crippen molar-refractivity contribution in [3.05, 3.63) is 11.6 Å². The van der Waals surface area contributed by atoms with Crippen LogP contribution in [0.15, 0.2) is 6.07 Å². The first-order valence-corrected chi connectivity index (χ1v) is 9.02. The molecule has 11 heteroatoms. The van der Waals surface area contributed by atoms with Crippen molar-refractivity contribution < 1.29 is 32.2 Å². The predicted molar refractivity (Wildman–Crippen MR) is 98.1 cm³/mol. The number of methoxy groups -OCH3 is 1. The number of ether oxygens (including phenoxy) is 2. The van der Waals surface area contributed by atoms with E-state index >= 15 is 0 Å². The summed E-state index contributed by atoms with van der Waals surface area (Å²) in [4.78, 5) is 33.5. The zero-order valence-electron chi connectivity index (χ0n) is 16.8. The lowest BCUT2D eigenvalue weighted by Crippen LogP contribution is -2.63. The molecule has 0 aromatic carbocycles. The van der Waals surface area contributed by atoms with Crippen LogP contribution < -0.4 is 14.5 Å². The molecule has 0 saturated carbocycles. The molecule has 29 heavy (non-hydrogen) atoms. The van der Waals surface area contributed by atoms with Crippen molar-refractivity contribution in [2.45, 2.75) is 38.6 Å². The third-order valence-electron chi connectivity index (χ3n) is 4.73. The Labute approximate surface area is 166 Å². The van der Waals surface area contributed by atoms with Gasteiger partial charge in [0.1, 0.15) is 17.2 Å². The second-order valence-corrected chi connectivity index (χ2v) is 7.92. The average Bonchev–Trinajstić information content (AvgIpc) is 2.62. The quantitative estimate of drug-likeness (QED) is 0.700. The van der Waals surface area contributed by atoms with Gasteiger partial charge in [0, 0.05) is 20.1 Å². The van der Waals surface area contributed by atoms with E-state index in [0.29, 0.717) is 0 Å². The second kappa shape index (κ2) is 6.96. The second-order valence-electron chi connectivity index (χ2n) is 7.92. The Morgan fingerprint density at radius 1 is 1.24 bits per heavy atom. The fourth-order valence-electron chi connectivity index (χ4n) is 3.38. The summed E-state index contributed by atoms with van der Waals surface area (Å²) in [5, 5.41) is 0. The summed E-state index contributed by atoms with van der Waals surface area (Å²) in [6, 6.07) is 0.0953. The first kappa shape index (κ1) is 21.0. The van der Waals surface area contributed by atoms with Crippen molar-refractivity contribution in [3.63, 3.8) is 0 Å². The number of alkyl halides is 3. The number of piperazine rings is 1. The van der Waals surface area contributed by atoms with Gasteiger partial charge in [0.2, 0.25) is 5.88 Å². The number of hydrogen-bond acceptors (Lipinski definition) is 6. The smallest absolute Gasteiger partial charge is 0.421 e. The molecule has 8 nitrogen and oxygen atoms in total. The van der Waals surface area contributed by atoms with Crippen LogP contribution in [0.25, 0.3) is 0 Å². The zero-order chi connectivity index (χ0) is 21.7. The van der Waals surface area contributed by atoms with E-state index in [4.69, 9.17) is 9.47 Å². The van der Waals surface area contributed by atoms with Crippen LogP contribution >= 0.6 is 0 Å². The van der Waals surface area contributed by atoms with Crippen LogP contribution in [0.2, 0.25) is 0 Å². The highest BCUT2D eigenvalue weighted by Gasteiger charge is 2.45. The van der Waals surface area contributed by atoms with Gasteiger partial charge >= 0.3 is 12.3 Å². The molecule has 1 fully saturated rings. The molecule has 0 spiro atoms. The third kappa shape index (κ3) is 3.90. The predicted octanol–water partition coefficient (Wildman–Crippen LogP) is 2.51. The summed E-state index contributed by atoms with van der Waals surface area (Å²) in [7, 11) is 2.50. The van der Waals surface area contributed by atoms with Crippen LogP contribution in [0, 0.1) is 0 Å². The maximum atomic E-state index is 13.3. The molecule has 1 saturated heterocycles. The van der Waals surface area contributed by atoms with Crippen LogP contribution in [0.5, 0.6) is 5.88 Å². The number of carbonyl (C=O) groups is 2. The SMILES string of the molecule is COc1nc2c(cc1C(F)(F)F)N(C)C(=O)[C@@H]1CN(C(=O)OC(C)(C)C)CCN21. The number of rotatable bonds is 1. The molecule has 0 N–H and O–H groups in total. The van der Waals surface area contributed by atoms with E-state index in [1.165, 1.54) is 11.9 Å². The Bertz CT molecular complexity index is 838. The lowest BCUT2D eigenvalue weighted by Gasteiger charge is -2.46. The first-order valence-electron chi connectivity index (χ1n) is 9.02. The summed E-state index contributed by atoms with van der Waals surface area (Å²) in [5.74, 6) is -0.774. The van der Waals surface area contributed by atoms with Crippen LogP contribution in [0.3, 0.4) is 0 Å². The molecule has 1 aromatic heterocycles. The van der Waals surface area contributed by atoms with Gasteiger partial charge in [-0.2, -0.15) is 18.2 Å². The maximum absolute atomic E-state index is 13.3. The van der Waals surface area contributed by atoms with E-state index in [2.05, 4.69) is 4.98 Å². The highest BCUT2D eigenvalue weighted by molar-refractivity contribution is 6.05. The van der Waals surface area contributed by atoms with E-state index in [9.17, 15) is 22.8 Å². The van der Waals surface area contributed by atoms with Crippen LogP contribution in [-0.2, 0) is 15.7 Å². The Kier molecular flexibility index (Phi) is 5.04.